The Hall–Kier alpha value is -5.78. The number of hydrogen-bond donors (Lipinski definition) is 0. The maximum Gasteiger partial charge on any atom is 0.124 e. The van der Waals surface area contributed by atoms with Crippen molar-refractivity contribution in [1.29, 1.82) is 26.3 Å². The third-order valence-corrected chi connectivity index (χ3v) is 6.95. The molecule has 5 rings (SSSR count). The SMILES string of the molecule is N#Cc1ccc2nc(-c3cc(-c4ccc(C#N)c(C#N)c4)cc(-c4ccc(C#N)c(C#N)c4)c3)sc2c1. The number of thiazole rings is 1. The van der Waals surface area contributed by atoms with Crippen LogP contribution in [0.1, 0.15) is 27.8 Å². The molecule has 0 amide bonds. The van der Waals surface area contributed by atoms with Crippen molar-refractivity contribution in [2.24, 2.45) is 0 Å². The summed E-state index contributed by atoms with van der Waals surface area (Å²) < 4.78 is 0.885. The zero-order valence-corrected chi connectivity index (χ0v) is 19.8. The molecule has 0 aliphatic rings. The molecule has 0 saturated heterocycles. The van der Waals surface area contributed by atoms with E-state index in [2.05, 4.69) is 18.2 Å². The fraction of sp³-hybridized carbons (Fsp3) is 0. The molecule has 0 fully saturated rings. The second-order valence-corrected chi connectivity index (χ2v) is 9.11. The number of nitriles is 5. The van der Waals surface area contributed by atoms with Crippen molar-refractivity contribution in [1.82, 2.24) is 4.98 Å². The first-order chi connectivity index (χ1) is 18.1. The molecule has 1 heterocycles. The van der Waals surface area contributed by atoms with Crippen LogP contribution in [0, 0.1) is 56.7 Å². The van der Waals surface area contributed by atoms with Crippen molar-refractivity contribution in [3.8, 4) is 63.2 Å². The van der Waals surface area contributed by atoms with Crippen LogP contribution in [0.25, 0.3) is 43.0 Å². The first kappa shape index (κ1) is 23.0. The molecule has 0 saturated carbocycles. The molecular weight excluding hydrogens is 476 g/mol. The zero-order valence-electron chi connectivity index (χ0n) is 19.0. The van der Waals surface area contributed by atoms with Crippen LogP contribution >= 0.6 is 11.3 Å². The molecule has 0 aliphatic heterocycles. The number of hydrogen-bond acceptors (Lipinski definition) is 7. The summed E-state index contributed by atoms with van der Waals surface area (Å²) >= 11 is 1.46. The van der Waals surface area contributed by atoms with E-state index in [1.54, 1.807) is 48.5 Å². The number of rotatable bonds is 3. The van der Waals surface area contributed by atoms with E-state index < -0.39 is 0 Å². The summed E-state index contributed by atoms with van der Waals surface area (Å²) in [5.41, 5.74) is 6.41. The van der Waals surface area contributed by atoms with Gasteiger partial charge in [0, 0.05) is 5.56 Å². The third kappa shape index (κ3) is 4.25. The van der Waals surface area contributed by atoms with Crippen molar-refractivity contribution in [2.45, 2.75) is 0 Å². The van der Waals surface area contributed by atoms with Gasteiger partial charge in [-0.25, -0.2) is 4.98 Å². The molecule has 4 aromatic carbocycles. The predicted molar refractivity (Wildman–Crippen MR) is 140 cm³/mol. The van der Waals surface area contributed by atoms with Crippen molar-refractivity contribution < 1.29 is 0 Å². The first-order valence-electron chi connectivity index (χ1n) is 10.9. The van der Waals surface area contributed by atoms with Crippen molar-refractivity contribution in [3.63, 3.8) is 0 Å². The molecule has 0 aliphatic carbocycles. The lowest BCUT2D eigenvalue weighted by Crippen LogP contribution is -1.90. The quantitative estimate of drug-likeness (QED) is 0.279. The maximum atomic E-state index is 9.53. The highest BCUT2D eigenvalue weighted by atomic mass is 32.1. The van der Waals surface area contributed by atoms with Crippen LogP contribution in [-0.4, -0.2) is 4.98 Å². The van der Waals surface area contributed by atoms with E-state index in [4.69, 9.17) is 4.98 Å². The molecule has 7 heteroatoms. The molecule has 0 unspecified atom stereocenters. The lowest BCUT2D eigenvalue weighted by Gasteiger charge is -2.11. The Labute approximate surface area is 216 Å². The molecule has 0 spiro atoms. The van der Waals surface area contributed by atoms with E-state index >= 15 is 0 Å². The van der Waals surface area contributed by atoms with E-state index in [-0.39, 0.29) is 11.1 Å². The zero-order chi connectivity index (χ0) is 25.9. The second kappa shape index (κ2) is 9.46. The van der Waals surface area contributed by atoms with Gasteiger partial charge in [-0.3, -0.25) is 0 Å². The van der Waals surface area contributed by atoms with E-state index in [0.29, 0.717) is 16.7 Å². The molecule has 1 aromatic heterocycles. The Morgan fingerprint density at radius 1 is 0.486 bits per heavy atom. The van der Waals surface area contributed by atoms with Gasteiger partial charge in [-0.05, 0) is 82.9 Å². The Morgan fingerprint density at radius 2 is 1.03 bits per heavy atom. The van der Waals surface area contributed by atoms with E-state index in [9.17, 15) is 26.3 Å². The van der Waals surface area contributed by atoms with Gasteiger partial charge in [-0.15, -0.1) is 11.3 Å². The number of fused-ring (bicyclic) bond motifs is 1. The highest BCUT2D eigenvalue weighted by Crippen LogP contribution is 2.37. The molecule has 6 nitrogen and oxygen atoms in total. The van der Waals surface area contributed by atoms with Crippen molar-refractivity contribution in [2.75, 3.05) is 0 Å². The van der Waals surface area contributed by atoms with E-state index in [0.717, 1.165) is 43.0 Å². The number of nitrogens with zero attached hydrogens (tertiary/aromatic N) is 6. The molecular formula is C30H12N6S. The Balaban J connectivity index is 1.74. The van der Waals surface area contributed by atoms with Crippen LogP contribution in [0.2, 0.25) is 0 Å². The Morgan fingerprint density at radius 3 is 1.54 bits per heavy atom. The van der Waals surface area contributed by atoms with Gasteiger partial charge in [0.05, 0.1) is 44.1 Å². The summed E-state index contributed by atoms with van der Waals surface area (Å²) in [6.45, 7) is 0. The summed E-state index contributed by atoms with van der Waals surface area (Å²) in [7, 11) is 0. The topological polar surface area (TPSA) is 132 Å². The normalized spacial score (nSPS) is 10.0. The highest BCUT2D eigenvalue weighted by molar-refractivity contribution is 7.21. The minimum atomic E-state index is 0.279. The van der Waals surface area contributed by atoms with Crippen LogP contribution in [0.15, 0.2) is 72.8 Å². The van der Waals surface area contributed by atoms with Crippen molar-refractivity contribution >= 4 is 21.6 Å². The summed E-state index contributed by atoms with van der Waals surface area (Å²) in [5.74, 6) is 0. The van der Waals surface area contributed by atoms with Crippen LogP contribution < -0.4 is 0 Å². The average molecular weight is 489 g/mol. The largest absolute Gasteiger partial charge is 0.236 e. The summed E-state index contributed by atoms with van der Waals surface area (Å²) in [5, 5.41) is 47.7. The van der Waals surface area contributed by atoms with Crippen LogP contribution in [0.4, 0.5) is 0 Å². The second-order valence-electron chi connectivity index (χ2n) is 8.08. The third-order valence-electron chi connectivity index (χ3n) is 5.89. The maximum absolute atomic E-state index is 9.53. The fourth-order valence-corrected chi connectivity index (χ4v) is 5.02. The monoisotopic (exact) mass is 488 g/mol. The predicted octanol–water partition coefficient (Wildman–Crippen LogP) is 6.66. The fourth-order valence-electron chi connectivity index (χ4n) is 4.03. The summed E-state index contributed by atoms with van der Waals surface area (Å²) in [6.07, 6.45) is 0. The van der Waals surface area contributed by atoms with Gasteiger partial charge in [0.1, 0.15) is 29.3 Å². The van der Waals surface area contributed by atoms with Gasteiger partial charge < -0.3 is 0 Å². The molecule has 168 valence electrons. The van der Waals surface area contributed by atoms with E-state index in [1.807, 2.05) is 36.4 Å². The van der Waals surface area contributed by atoms with Gasteiger partial charge in [-0.2, -0.15) is 26.3 Å². The van der Waals surface area contributed by atoms with Gasteiger partial charge in [0.2, 0.25) is 0 Å². The smallest absolute Gasteiger partial charge is 0.124 e. The van der Waals surface area contributed by atoms with Crippen LogP contribution in [0.3, 0.4) is 0 Å². The van der Waals surface area contributed by atoms with Gasteiger partial charge in [-0.1, -0.05) is 12.1 Å². The minimum absolute atomic E-state index is 0.279. The van der Waals surface area contributed by atoms with Crippen molar-refractivity contribution in [3.05, 3.63) is 101 Å². The molecule has 5 aromatic rings. The molecule has 37 heavy (non-hydrogen) atoms. The van der Waals surface area contributed by atoms with Crippen LogP contribution in [0.5, 0.6) is 0 Å². The van der Waals surface area contributed by atoms with E-state index in [1.165, 1.54) is 11.3 Å². The van der Waals surface area contributed by atoms with Gasteiger partial charge in [0.15, 0.2) is 0 Å². The molecule has 0 atom stereocenters. The average Bonchev–Trinajstić information content (AvgIpc) is 3.39. The Kier molecular flexibility index (Phi) is 5.88. The van der Waals surface area contributed by atoms with Gasteiger partial charge >= 0.3 is 0 Å². The lowest BCUT2D eigenvalue weighted by molar-refractivity contribution is 1.42. The minimum Gasteiger partial charge on any atom is -0.236 e. The first-order valence-corrected chi connectivity index (χ1v) is 11.7. The summed E-state index contributed by atoms with van der Waals surface area (Å²) in [6, 6.07) is 31.8. The lowest BCUT2D eigenvalue weighted by atomic mass is 9.93. The molecule has 0 bridgehead atoms. The van der Waals surface area contributed by atoms with Crippen LogP contribution in [-0.2, 0) is 0 Å². The summed E-state index contributed by atoms with van der Waals surface area (Å²) in [4.78, 5) is 4.77. The standard InChI is InChI=1S/C30H12N6S/c31-13-18-1-6-28-29(7-18)37-30(36-28)25-11-23(19-2-4-21(14-32)26(8-19)16-34)10-24(12-25)20-3-5-22(15-33)27(9-20)17-35/h1-12H. The number of aromatic nitrogens is 1. The highest BCUT2D eigenvalue weighted by Gasteiger charge is 2.14. The molecule has 0 radical (unpaired) electrons. The molecule has 0 N–H and O–H groups in total. The number of benzene rings is 4. The van der Waals surface area contributed by atoms with Gasteiger partial charge in [0.25, 0.3) is 0 Å². The Bertz CT molecular complexity index is 1850.